The molecule has 0 aliphatic heterocycles. The van der Waals surface area contributed by atoms with Gasteiger partial charge in [-0.05, 0) is 37.0 Å². The zero-order chi connectivity index (χ0) is 15.5. The van der Waals surface area contributed by atoms with Crippen molar-refractivity contribution in [1.82, 2.24) is 4.72 Å². The number of carboxylic acids is 1. The van der Waals surface area contributed by atoms with E-state index < -0.39 is 16.0 Å². The molecule has 0 fully saturated rings. The molecule has 21 heavy (non-hydrogen) atoms. The monoisotopic (exact) mass is 311 g/mol. The van der Waals surface area contributed by atoms with Crippen molar-refractivity contribution in [1.29, 1.82) is 0 Å². The number of carbonyl (C=O) groups excluding carboxylic acids is 1. The number of ketones is 1. The highest BCUT2D eigenvalue weighted by atomic mass is 32.2. The van der Waals surface area contributed by atoms with Gasteiger partial charge in [0.1, 0.15) is 0 Å². The Labute approximate surface area is 123 Å². The van der Waals surface area contributed by atoms with Crippen LogP contribution in [0, 0.1) is 0 Å². The van der Waals surface area contributed by atoms with Gasteiger partial charge in [-0.3, -0.25) is 9.59 Å². The molecule has 1 aliphatic carbocycles. The van der Waals surface area contributed by atoms with Gasteiger partial charge in [0.05, 0.1) is 4.90 Å². The Hall–Kier alpha value is -1.73. The van der Waals surface area contributed by atoms with E-state index in [2.05, 4.69) is 4.72 Å². The number of aryl methyl sites for hydroxylation is 1. The van der Waals surface area contributed by atoms with Crippen LogP contribution in [0.4, 0.5) is 0 Å². The van der Waals surface area contributed by atoms with E-state index in [0.717, 1.165) is 18.4 Å². The minimum Gasteiger partial charge on any atom is -0.481 e. The van der Waals surface area contributed by atoms with E-state index in [0.29, 0.717) is 12.0 Å². The summed E-state index contributed by atoms with van der Waals surface area (Å²) in [5, 5.41) is 8.51. The number of nitrogens with one attached hydrogen (secondary N) is 1. The van der Waals surface area contributed by atoms with Gasteiger partial charge in [0.15, 0.2) is 5.78 Å². The maximum Gasteiger partial charge on any atom is 0.303 e. The van der Waals surface area contributed by atoms with Gasteiger partial charge in [-0.15, -0.1) is 0 Å². The summed E-state index contributed by atoms with van der Waals surface area (Å²) < 4.78 is 26.5. The minimum absolute atomic E-state index is 0.0285. The Balaban J connectivity index is 2.11. The van der Waals surface area contributed by atoms with Crippen molar-refractivity contribution in [3.8, 4) is 0 Å². The summed E-state index contributed by atoms with van der Waals surface area (Å²) in [7, 11) is -3.71. The molecule has 1 aromatic rings. The Morgan fingerprint density at radius 3 is 2.76 bits per heavy atom. The third-order valence-corrected chi connectivity index (χ3v) is 4.86. The largest absolute Gasteiger partial charge is 0.481 e. The highest BCUT2D eigenvalue weighted by molar-refractivity contribution is 7.89. The summed E-state index contributed by atoms with van der Waals surface area (Å²) in [4.78, 5) is 22.2. The molecule has 6 nitrogen and oxygen atoms in total. The summed E-state index contributed by atoms with van der Waals surface area (Å²) in [6, 6.07) is 4.57. The molecule has 0 saturated carbocycles. The number of hydrogen-bond donors (Lipinski definition) is 2. The van der Waals surface area contributed by atoms with E-state index in [4.69, 9.17) is 5.11 Å². The number of sulfonamides is 1. The van der Waals surface area contributed by atoms with Crippen LogP contribution in [0.25, 0.3) is 0 Å². The fourth-order valence-corrected chi connectivity index (χ4v) is 3.40. The predicted octanol–water partition coefficient (Wildman–Crippen LogP) is 1.35. The third-order valence-electron chi connectivity index (χ3n) is 3.40. The first kappa shape index (κ1) is 15.7. The predicted molar refractivity (Wildman–Crippen MR) is 75.8 cm³/mol. The van der Waals surface area contributed by atoms with Crippen molar-refractivity contribution in [3.05, 3.63) is 29.3 Å². The van der Waals surface area contributed by atoms with Gasteiger partial charge in [0.25, 0.3) is 0 Å². The molecule has 2 N–H and O–H groups in total. The van der Waals surface area contributed by atoms with Crippen molar-refractivity contribution in [2.75, 3.05) is 6.54 Å². The van der Waals surface area contributed by atoms with Crippen molar-refractivity contribution in [3.63, 3.8) is 0 Å². The lowest BCUT2D eigenvalue weighted by atomic mass is 9.91. The van der Waals surface area contributed by atoms with Gasteiger partial charge < -0.3 is 5.11 Å². The first-order valence-electron chi connectivity index (χ1n) is 6.78. The normalized spacial score (nSPS) is 14.8. The molecular formula is C14H17NO5S. The first-order chi connectivity index (χ1) is 9.90. The van der Waals surface area contributed by atoms with Crippen molar-refractivity contribution in [2.45, 2.75) is 37.0 Å². The second kappa shape index (κ2) is 6.36. The maximum atomic E-state index is 12.1. The highest BCUT2D eigenvalue weighted by Crippen LogP contribution is 2.24. The second-order valence-electron chi connectivity index (χ2n) is 4.99. The summed E-state index contributed by atoms with van der Waals surface area (Å²) in [5.74, 6) is -0.993. The Kier molecular flexibility index (Phi) is 4.74. The zero-order valence-corrected chi connectivity index (χ0v) is 12.3. The minimum atomic E-state index is -3.71. The van der Waals surface area contributed by atoms with Crippen LogP contribution in [-0.4, -0.2) is 31.8 Å². The molecule has 0 saturated heterocycles. The SMILES string of the molecule is O=C(O)CCCNS(=O)(=O)c1ccc2c(c1)C(=O)CCC2. The molecule has 0 unspecified atom stereocenters. The summed E-state index contributed by atoms with van der Waals surface area (Å²) in [5.41, 5.74) is 1.37. The fraction of sp³-hybridized carbons (Fsp3) is 0.429. The van der Waals surface area contributed by atoms with Gasteiger partial charge in [0.2, 0.25) is 10.0 Å². The average Bonchev–Trinajstić information content (AvgIpc) is 2.43. The van der Waals surface area contributed by atoms with E-state index in [-0.39, 0.29) is 30.1 Å². The smallest absolute Gasteiger partial charge is 0.303 e. The molecule has 0 atom stereocenters. The molecule has 0 amide bonds. The van der Waals surface area contributed by atoms with Gasteiger partial charge in [0, 0.05) is 24.9 Å². The molecule has 1 aliphatic rings. The standard InChI is InChI=1S/C14H17NO5S/c16-13-4-1-3-10-6-7-11(9-12(10)13)21(19,20)15-8-2-5-14(17)18/h6-7,9,15H,1-5,8H2,(H,17,18). The molecule has 7 heteroatoms. The summed E-state index contributed by atoms with van der Waals surface area (Å²) in [6.07, 6.45) is 2.16. The molecule has 2 rings (SSSR count). The van der Waals surface area contributed by atoms with Crippen molar-refractivity contribution in [2.24, 2.45) is 0 Å². The number of aliphatic carboxylic acids is 1. The lowest BCUT2D eigenvalue weighted by Crippen LogP contribution is -2.26. The number of rotatable bonds is 6. The Morgan fingerprint density at radius 1 is 1.29 bits per heavy atom. The lowest BCUT2D eigenvalue weighted by molar-refractivity contribution is -0.137. The van der Waals surface area contributed by atoms with Crippen LogP contribution >= 0.6 is 0 Å². The van der Waals surface area contributed by atoms with Crippen LogP contribution < -0.4 is 4.72 Å². The Morgan fingerprint density at radius 2 is 2.05 bits per heavy atom. The zero-order valence-electron chi connectivity index (χ0n) is 11.5. The van der Waals surface area contributed by atoms with Crippen LogP contribution in [0.3, 0.4) is 0 Å². The number of benzene rings is 1. The van der Waals surface area contributed by atoms with E-state index in [1.165, 1.54) is 12.1 Å². The molecule has 0 bridgehead atoms. The quantitative estimate of drug-likeness (QED) is 0.772. The third kappa shape index (κ3) is 3.89. The van der Waals surface area contributed by atoms with Gasteiger partial charge >= 0.3 is 5.97 Å². The summed E-state index contributed by atoms with van der Waals surface area (Å²) >= 11 is 0. The number of fused-ring (bicyclic) bond motifs is 1. The summed E-state index contributed by atoms with van der Waals surface area (Å²) in [6.45, 7) is 0.0552. The van der Waals surface area contributed by atoms with E-state index in [9.17, 15) is 18.0 Å². The van der Waals surface area contributed by atoms with Crippen molar-refractivity contribution < 1.29 is 23.1 Å². The van der Waals surface area contributed by atoms with E-state index in [1.807, 2.05) is 0 Å². The van der Waals surface area contributed by atoms with Crippen molar-refractivity contribution >= 4 is 21.8 Å². The van der Waals surface area contributed by atoms with Crippen LogP contribution in [0.5, 0.6) is 0 Å². The fourth-order valence-electron chi connectivity index (χ4n) is 2.30. The molecule has 0 radical (unpaired) electrons. The number of Topliss-reactive ketones (excluding diaryl/α,β-unsaturated/α-hetero) is 1. The molecular weight excluding hydrogens is 294 g/mol. The number of carboxylic acid groups (broad SMARTS) is 1. The molecule has 1 aromatic carbocycles. The van der Waals surface area contributed by atoms with Crippen LogP contribution in [-0.2, 0) is 21.2 Å². The van der Waals surface area contributed by atoms with Crippen LogP contribution in [0.1, 0.15) is 41.6 Å². The number of carbonyl (C=O) groups is 2. The first-order valence-corrected chi connectivity index (χ1v) is 8.26. The van der Waals surface area contributed by atoms with Crippen LogP contribution in [0.15, 0.2) is 23.1 Å². The molecule has 114 valence electrons. The van der Waals surface area contributed by atoms with Gasteiger partial charge in [-0.1, -0.05) is 6.07 Å². The molecule has 0 aromatic heterocycles. The number of hydrogen-bond acceptors (Lipinski definition) is 4. The van der Waals surface area contributed by atoms with E-state index in [1.54, 1.807) is 6.07 Å². The Bertz CT molecular complexity index is 666. The molecule has 0 spiro atoms. The van der Waals surface area contributed by atoms with Gasteiger partial charge in [-0.2, -0.15) is 0 Å². The lowest BCUT2D eigenvalue weighted by Gasteiger charge is -2.15. The van der Waals surface area contributed by atoms with E-state index >= 15 is 0 Å². The average molecular weight is 311 g/mol. The maximum absolute atomic E-state index is 12.1. The highest BCUT2D eigenvalue weighted by Gasteiger charge is 2.21. The molecule has 0 heterocycles. The van der Waals surface area contributed by atoms with Crippen LogP contribution in [0.2, 0.25) is 0 Å². The second-order valence-corrected chi connectivity index (χ2v) is 6.76. The topological polar surface area (TPSA) is 101 Å². The van der Waals surface area contributed by atoms with Gasteiger partial charge in [-0.25, -0.2) is 13.1 Å².